The van der Waals surface area contributed by atoms with Gasteiger partial charge in [-0.1, -0.05) is 50.7 Å². The minimum absolute atomic E-state index is 0.0218. The lowest BCUT2D eigenvalue weighted by Crippen LogP contribution is -2.48. The standard InChI is InChI=1S/C31H35BrFN3O3SSi/c1-30(2,3)41(5,6)39-21-12-13-26(33)24(15-21)31-16-23-22(25(32)17-34-28(23)38-4)14-20(31)18-40-29(36-31)35-27(37)19-10-8-7-9-11-19/h7-13,15,17,20H,14,16,18H2,1-6H3,(H,35,36,37)/t20-,31-/m1/s1. The van der Waals surface area contributed by atoms with Crippen molar-refractivity contribution in [1.29, 1.82) is 0 Å². The number of benzene rings is 2. The van der Waals surface area contributed by atoms with Gasteiger partial charge < -0.3 is 14.5 Å². The molecule has 2 atom stereocenters. The Labute approximate surface area is 254 Å². The Morgan fingerprint density at radius 2 is 1.90 bits per heavy atom. The Balaban J connectivity index is 1.65. The summed E-state index contributed by atoms with van der Waals surface area (Å²) in [5.41, 5.74) is 1.98. The van der Waals surface area contributed by atoms with Crippen molar-refractivity contribution < 1.29 is 18.3 Å². The van der Waals surface area contributed by atoms with Crippen LogP contribution >= 0.6 is 27.7 Å². The number of carbonyl (C=O) groups is 1. The normalized spacial score (nSPS) is 20.4. The second-order valence-electron chi connectivity index (χ2n) is 12.1. The highest BCUT2D eigenvalue weighted by Gasteiger charge is 2.50. The second kappa shape index (κ2) is 11.2. The van der Waals surface area contributed by atoms with Crippen LogP contribution in [-0.2, 0) is 18.4 Å². The largest absolute Gasteiger partial charge is 0.543 e. The van der Waals surface area contributed by atoms with Crippen molar-refractivity contribution in [2.24, 2.45) is 10.9 Å². The van der Waals surface area contributed by atoms with E-state index in [0.29, 0.717) is 46.5 Å². The number of nitrogens with zero attached hydrogens (tertiary/aromatic N) is 2. The molecule has 0 unspecified atom stereocenters. The smallest absolute Gasteiger partial charge is 0.257 e. The summed E-state index contributed by atoms with van der Waals surface area (Å²) in [7, 11) is -0.597. The van der Waals surface area contributed by atoms with Gasteiger partial charge >= 0.3 is 0 Å². The Kier molecular flexibility index (Phi) is 8.13. The zero-order valence-electron chi connectivity index (χ0n) is 24.2. The van der Waals surface area contributed by atoms with E-state index in [-0.39, 0.29) is 22.7 Å². The van der Waals surface area contributed by atoms with Crippen LogP contribution in [0.15, 0.2) is 64.2 Å². The van der Waals surface area contributed by atoms with Gasteiger partial charge in [0.25, 0.3) is 5.91 Å². The molecule has 1 aromatic heterocycles. The maximum Gasteiger partial charge on any atom is 0.257 e. The number of fused-ring (bicyclic) bond motifs is 2. The van der Waals surface area contributed by atoms with E-state index in [4.69, 9.17) is 14.2 Å². The molecule has 6 nitrogen and oxygen atoms in total. The van der Waals surface area contributed by atoms with E-state index >= 15 is 4.39 Å². The van der Waals surface area contributed by atoms with Crippen LogP contribution in [0.3, 0.4) is 0 Å². The van der Waals surface area contributed by atoms with Crippen LogP contribution < -0.4 is 14.5 Å². The molecule has 1 amide bonds. The highest BCUT2D eigenvalue weighted by atomic mass is 79.9. The van der Waals surface area contributed by atoms with Crippen molar-refractivity contribution in [3.05, 3.63) is 87.3 Å². The summed E-state index contributed by atoms with van der Waals surface area (Å²) in [6.45, 7) is 10.9. The van der Waals surface area contributed by atoms with Gasteiger partial charge in [0.1, 0.15) is 11.6 Å². The molecule has 41 heavy (non-hydrogen) atoms. The van der Waals surface area contributed by atoms with Gasteiger partial charge in [-0.05, 0) is 76.4 Å². The number of hydrogen-bond donors (Lipinski definition) is 1. The second-order valence-corrected chi connectivity index (χ2v) is 18.7. The minimum atomic E-state index is -2.19. The summed E-state index contributed by atoms with van der Waals surface area (Å²) in [6, 6.07) is 14.0. The van der Waals surface area contributed by atoms with Crippen molar-refractivity contribution in [2.45, 2.75) is 57.3 Å². The molecule has 1 N–H and O–H groups in total. The van der Waals surface area contributed by atoms with Gasteiger partial charge in [0.15, 0.2) is 5.17 Å². The van der Waals surface area contributed by atoms with E-state index in [1.165, 1.54) is 17.8 Å². The minimum Gasteiger partial charge on any atom is -0.543 e. The third-order valence-corrected chi connectivity index (χ3v) is 14.6. The van der Waals surface area contributed by atoms with Crippen LogP contribution in [0.2, 0.25) is 18.1 Å². The van der Waals surface area contributed by atoms with Gasteiger partial charge in [-0.2, -0.15) is 0 Å². The molecule has 0 radical (unpaired) electrons. The lowest BCUT2D eigenvalue weighted by atomic mass is 9.67. The molecule has 10 heteroatoms. The lowest BCUT2D eigenvalue weighted by molar-refractivity contribution is 0.0977. The first-order valence-corrected chi connectivity index (χ1v) is 18.3. The molecule has 0 bridgehead atoms. The molecule has 2 aromatic carbocycles. The number of amidine groups is 1. The maximum atomic E-state index is 16.0. The lowest BCUT2D eigenvalue weighted by Gasteiger charge is -2.45. The predicted octanol–water partition coefficient (Wildman–Crippen LogP) is 7.52. The molecule has 5 rings (SSSR count). The number of nitrogens with one attached hydrogen (secondary N) is 1. The predicted molar refractivity (Wildman–Crippen MR) is 169 cm³/mol. The number of carbonyl (C=O) groups excluding carboxylic acids is 1. The van der Waals surface area contributed by atoms with Gasteiger partial charge in [0, 0.05) is 45.5 Å². The first kappa shape index (κ1) is 29.8. The van der Waals surface area contributed by atoms with E-state index in [1.54, 1.807) is 31.5 Å². The van der Waals surface area contributed by atoms with Crippen molar-refractivity contribution in [1.82, 2.24) is 10.3 Å². The van der Waals surface area contributed by atoms with Gasteiger partial charge in [0.05, 0.1) is 12.6 Å². The number of methoxy groups -OCH3 is 1. The Bertz CT molecular complexity index is 1510. The molecule has 1 aliphatic heterocycles. The first-order chi connectivity index (χ1) is 19.3. The Morgan fingerprint density at radius 1 is 1.17 bits per heavy atom. The first-order valence-electron chi connectivity index (χ1n) is 13.6. The van der Waals surface area contributed by atoms with E-state index in [0.717, 1.165) is 15.6 Å². The molecule has 0 fully saturated rings. The number of hydrogen-bond acceptors (Lipinski definition) is 6. The molecule has 0 saturated carbocycles. The third kappa shape index (κ3) is 5.70. The Hall–Kier alpha value is -2.69. The zero-order valence-corrected chi connectivity index (χ0v) is 27.6. The third-order valence-electron chi connectivity index (χ3n) is 8.53. The number of thioether (sulfide) groups is 1. The quantitative estimate of drug-likeness (QED) is 0.288. The number of amides is 1. The SMILES string of the molecule is COc1ncc(Br)c2c1C[C@@]1(c3cc(O[Si](C)(C)C(C)(C)C)ccc3F)N=C(NC(=O)c3ccccc3)SC[C@H]1C2. The average molecular weight is 657 g/mol. The molecule has 3 aromatic rings. The van der Waals surface area contributed by atoms with Crippen LogP contribution in [0.1, 0.15) is 47.8 Å². The van der Waals surface area contributed by atoms with Crippen molar-refractivity contribution in [3.63, 3.8) is 0 Å². The summed E-state index contributed by atoms with van der Waals surface area (Å²) in [5.74, 6) is 1.13. The molecule has 216 valence electrons. The van der Waals surface area contributed by atoms with Crippen molar-refractivity contribution >= 4 is 47.1 Å². The number of halogens is 2. The average Bonchev–Trinajstić information content (AvgIpc) is 2.93. The fourth-order valence-electron chi connectivity index (χ4n) is 5.22. The number of pyridine rings is 1. The van der Waals surface area contributed by atoms with Gasteiger partial charge in [0.2, 0.25) is 14.2 Å². The summed E-state index contributed by atoms with van der Waals surface area (Å²) in [6.07, 6.45) is 2.77. The van der Waals surface area contributed by atoms with Crippen LogP contribution in [0, 0.1) is 11.7 Å². The summed E-state index contributed by atoms with van der Waals surface area (Å²) in [4.78, 5) is 22.8. The van der Waals surface area contributed by atoms with E-state index in [1.807, 2.05) is 24.3 Å². The monoisotopic (exact) mass is 655 g/mol. The van der Waals surface area contributed by atoms with Gasteiger partial charge in [-0.15, -0.1) is 0 Å². The summed E-state index contributed by atoms with van der Waals surface area (Å²) in [5, 5.41) is 3.44. The van der Waals surface area contributed by atoms with E-state index < -0.39 is 13.9 Å². The molecule has 0 saturated heterocycles. The number of aromatic nitrogens is 1. The van der Waals surface area contributed by atoms with Crippen molar-refractivity contribution in [2.75, 3.05) is 12.9 Å². The molecule has 2 heterocycles. The fraction of sp³-hybridized carbons (Fsp3) is 0.387. The molecule has 1 aliphatic carbocycles. The van der Waals surface area contributed by atoms with Crippen LogP contribution in [0.25, 0.3) is 0 Å². The molecular formula is C31H35BrFN3O3SSi. The molecule has 2 aliphatic rings. The molecular weight excluding hydrogens is 621 g/mol. The fourth-order valence-corrected chi connectivity index (χ4v) is 7.89. The van der Waals surface area contributed by atoms with E-state index in [9.17, 15) is 4.79 Å². The van der Waals surface area contributed by atoms with Crippen LogP contribution in [0.5, 0.6) is 11.6 Å². The maximum absolute atomic E-state index is 16.0. The topological polar surface area (TPSA) is 72.8 Å². The number of rotatable bonds is 5. The summed E-state index contributed by atoms with van der Waals surface area (Å²) < 4.78 is 29.2. The van der Waals surface area contributed by atoms with Gasteiger partial charge in [-0.25, -0.2) is 14.4 Å². The number of ether oxygens (including phenoxy) is 1. The number of aliphatic imine (C=N–C) groups is 1. The van der Waals surface area contributed by atoms with Gasteiger partial charge in [-0.3, -0.25) is 4.79 Å². The summed E-state index contributed by atoms with van der Waals surface area (Å²) >= 11 is 5.16. The van der Waals surface area contributed by atoms with E-state index in [2.05, 4.69) is 60.1 Å². The Morgan fingerprint density at radius 3 is 2.59 bits per heavy atom. The van der Waals surface area contributed by atoms with Crippen LogP contribution in [0.4, 0.5) is 4.39 Å². The highest BCUT2D eigenvalue weighted by molar-refractivity contribution is 9.10. The highest BCUT2D eigenvalue weighted by Crippen LogP contribution is 2.52. The molecule has 0 spiro atoms. The van der Waals surface area contributed by atoms with Crippen molar-refractivity contribution in [3.8, 4) is 11.6 Å². The zero-order chi connectivity index (χ0) is 29.6. The van der Waals surface area contributed by atoms with Crippen LogP contribution in [-0.4, -0.2) is 37.2 Å².